The maximum Gasteiger partial charge on any atom is 0.420 e. The van der Waals surface area contributed by atoms with Crippen LogP contribution in [-0.2, 0) is 26.1 Å². The molecule has 0 radical (unpaired) electrons. The molecule has 2 aromatic carbocycles. The molecule has 0 fully saturated rings. The van der Waals surface area contributed by atoms with Gasteiger partial charge in [0.15, 0.2) is 0 Å². The number of nitrogens with zero attached hydrogens (tertiary/aromatic N) is 1. The van der Waals surface area contributed by atoms with Crippen LogP contribution in [0.3, 0.4) is 0 Å². The SMILES string of the molecule is COC(=O)NS(=O)(=O)c1ccc(NC(=O)Cn2ccc3cccc(F)c32)cc1. The Morgan fingerprint density at radius 1 is 1.11 bits per heavy atom. The number of methoxy groups -OCH3 is 1. The highest BCUT2D eigenvalue weighted by Gasteiger charge is 2.18. The van der Waals surface area contributed by atoms with E-state index < -0.39 is 27.8 Å². The Bertz CT molecular complexity index is 1140. The Hall–Kier alpha value is -3.40. The molecule has 8 nitrogen and oxygen atoms in total. The first kappa shape index (κ1) is 19.4. The van der Waals surface area contributed by atoms with Gasteiger partial charge in [-0.05, 0) is 36.4 Å². The van der Waals surface area contributed by atoms with Gasteiger partial charge in [0.2, 0.25) is 5.91 Å². The van der Waals surface area contributed by atoms with Crippen LogP contribution in [-0.4, -0.2) is 32.1 Å². The first-order valence-corrected chi connectivity index (χ1v) is 9.52. The fourth-order valence-electron chi connectivity index (χ4n) is 2.63. The second-order valence-corrected chi connectivity index (χ2v) is 7.47. The summed E-state index contributed by atoms with van der Waals surface area (Å²) < 4.78 is 45.4. The van der Waals surface area contributed by atoms with Gasteiger partial charge in [-0.25, -0.2) is 22.3 Å². The Morgan fingerprint density at radius 3 is 2.50 bits per heavy atom. The monoisotopic (exact) mass is 405 g/mol. The van der Waals surface area contributed by atoms with E-state index in [1.165, 1.54) is 34.9 Å². The third-order valence-electron chi connectivity index (χ3n) is 3.90. The van der Waals surface area contributed by atoms with Gasteiger partial charge in [0.1, 0.15) is 12.4 Å². The third kappa shape index (κ3) is 4.12. The number of sulfonamides is 1. The molecule has 0 saturated heterocycles. The number of carbonyl (C=O) groups excluding carboxylic acids is 2. The van der Waals surface area contributed by atoms with E-state index in [1.54, 1.807) is 29.1 Å². The number of rotatable bonds is 5. The van der Waals surface area contributed by atoms with Crippen molar-refractivity contribution in [3.8, 4) is 0 Å². The van der Waals surface area contributed by atoms with Crippen molar-refractivity contribution in [1.82, 2.24) is 9.29 Å². The number of hydrogen-bond donors (Lipinski definition) is 2. The van der Waals surface area contributed by atoms with E-state index in [1.807, 2.05) is 0 Å². The highest BCUT2D eigenvalue weighted by Crippen LogP contribution is 2.19. The van der Waals surface area contributed by atoms with E-state index >= 15 is 0 Å². The van der Waals surface area contributed by atoms with Crippen molar-refractivity contribution in [2.75, 3.05) is 12.4 Å². The number of para-hydroxylation sites is 1. The Morgan fingerprint density at radius 2 is 1.82 bits per heavy atom. The Labute approximate surface area is 160 Å². The summed E-state index contributed by atoms with van der Waals surface area (Å²) in [6.45, 7) is -0.117. The minimum absolute atomic E-state index is 0.117. The number of ether oxygens (including phenoxy) is 1. The molecular formula is C18H16FN3O5S. The quantitative estimate of drug-likeness (QED) is 0.678. The zero-order chi connectivity index (χ0) is 20.3. The van der Waals surface area contributed by atoms with Crippen molar-refractivity contribution in [1.29, 1.82) is 0 Å². The molecule has 0 bridgehead atoms. The molecule has 0 aliphatic carbocycles. The predicted octanol–water partition coefficient (Wildman–Crippen LogP) is 2.46. The van der Waals surface area contributed by atoms with Crippen molar-refractivity contribution in [3.63, 3.8) is 0 Å². The van der Waals surface area contributed by atoms with E-state index in [0.29, 0.717) is 16.6 Å². The second-order valence-electron chi connectivity index (χ2n) is 5.79. The Kier molecular flexibility index (Phi) is 5.32. The van der Waals surface area contributed by atoms with Crippen LogP contribution in [0.15, 0.2) is 59.6 Å². The van der Waals surface area contributed by atoms with Crippen LogP contribution in [0, 0.1) is 5.82 Å². The van der Waals surface area contributed by atoms with Crippen LogP contribution in [0.1, 0.15) is 0 Å². The molecule has 1 heterocycles. The van der Waals surface area contributed by atoms with E-state index in [0.717, 1.165) is 7.11 Å². The second kappa shape index (κ2) is 7.69. The average molecular weight is 405 g/mol. The van der Waals surface area contributed by atoms with Gasteiger partial charge in [-0.1, -0.05) is 12.1 Å². The van der Waals surface area contributed by atoms with Crippen LogP contribution < -0.4 is 10.0 Å². The highest BCUT2D eigenvalue weighted by atomic mass is 32.2. The number of hydrogen-bond acceptors (Lipinski definition) is 5. The molecule has 0 aliphatic rings. The lowest BCUT2D eigenvalue weighted by Gasteiger charge is -2.09. The average Bonchev–Trinajstić information content (AvgIpc) is 3.05. The third-order valence-corrected chi connectivity index (χ3v) is 5.23. The fourth-order valence-corrected chi connectivity index (χ4v) is 3.54. The van der Waals surface area contributed by atoms with Crippen LogP contribution in [0.2, 0.25) is 0 Å². The van der Waals surface area contributed by atoms with E-state index in [4.69, 9.17) is 0 Å². The number of benzene rings is 2. The smallest absolute Gasteiger partial charge is 0.420 e. The van der Waals surface area contributed by atoms with Crippen molar-refractivity contribution >= 4 is 38.6 Å². The molecule has 2 amide bonds. The maximum atomic E-state index is 14.0. The fraction of sp³-hybridized carbons (Fsp3) is 0.111. The van der Waals surface area contributed by atoms with E-state index in [9.17, 15) is 22.4 Å². The van der Waals surface area contributed by atoms with Crippen molar-refractivity contribution in [3.05, 3.63) is 60.5 Å². The summed E-state index contributed by atoms with van der Waals surface area (Å²) in [6, 6.07) is 11.6. The lowest BCUT2D eigenvalue weighted by molar-refractivity contribution is -0.116. The van der Waals surface area contributed by atoms with Gasteiger partial charge >= 0.3 is 6.09 Å². The summed E-state index contributed by atoms with van der Waals surface area (Å²) in [5.74, 6) is -0.841. The summed E-state index contributed by atoms with van der Waals surface area (Å²) in [4.78, 5) is 23.2. The molecule has 0 aliphatic heterocycles. The Balaban J connectivity index is 1.70. The molecule has 2 N–H and O–H groups in total. The number of carbonyl (C=O) groups is 2. The summed E-state index contributed by atoms with van der Waals surface area (Å²) in [5.41, 5.74) is 0.673. The van der Waals surface area contributed by atoms with Gasteiger partial charge in [-0.3, -0.25) is 4.79 Å². The molecule has 0 atom stereocenters. The summed E-state index contributed by atoms with van der Waals surface area (Å²) >= 11 is 0. The van der Waals surface area contributed by atoms with Gasteiger partial charge in [-0.2, -0.15) is 0 Å². The maximum absolute atomic E-state index is 14.0. The molecule has 146 valence electrons. The zero-order valence-corrected chi connectivity index (χ0v) is 15.5. The molecule has 0 spiro atoms. The van der Waals surface area contributed by atoms with Gasteiger partial charge in [0.05, 0.1) is 17.5 Å². The largest absolute Gasteiger partial charge is 0.452 e. The molecule has 0 saturated carbocycles. The van der Waals surface area contributed by atoms with E-state index in [-0.39, 0.29) is 11.4 Å². The first-order chi connectivity index (χ1) is 13.3. The van der Waals surface area contributed by atoms with Gasteiger partial charge in [0, 0.05) is 17.3 Å². The molecule has 0 unspecified atom stereocenters. The number of amides is 2. The minimum atomic E-state index is -4.07. The first-order valence-electron chi connectivity index (χ1n) is 8.04. The molecule has 1 aromatic heterocycles. The van der Waals surface area contributed by atoms with Crippen molar-refractivity contribution < 1.29 is 27.1 Å². The predicted molar refractivity (Wildman–Crippen MR) is 99.7 cm³/mol. The zero-order valence-electron chi connectivity index (χ0n) is 14.7. The summed E-state index contributed by atoms with van der Waals surface area (Å²) in [6.07, 6.45) is 0.505. The number of nitrogens with one attached hydrogen (secondary N) is 2. The summed E-state index contributed by atoms with van der Waals surface area (Å²) in [7, 11) is -3.03. The van der Waals surface area contributed by atoms with Gasteiger partial charge in [0.25, 0.3) is 10.0 Å². The molecular weight excluding hydrogens is 389 g/mol. The van der Waals surface area contributed by atoms with Gasteiger partial charge in [-0.15, -0.1) is 0 Å². The van der Waals surface area contributed by atoms with E-state index in [2.05, 4.69) is 10.1 Å². The topological polar surface area (TPSA) is 106 Å². The molecule has 3 aromatic rings. The minimum Gasteiger partial charge on any atom is -0.452 e. The lowest BCUT2D eigenvalue weighted by atomic mass is 10.2. The van der Waals surface area contributed by atoms with Crippen LogP contribution in [0.5, 0.6) is 0 Å². The van der Waals surface area contributed by atoms with Crippen LogP contribution >= 0.6 is 0 Å². The van der Waals surface area contributed by atoms with Crippen LogP contribution in [0.25, 0.3) is 10.9 Å². The van der Waals surface area contributed by atoms with Crippen molar-refractivity contribution in [2.24, 2.45) is 0 Å². The van der Waals surface area contributed by atoms with Crippen molar-refractivity contribution in [2.45, 2.75) is 11.4 Å². The highest BCUT2D eigenvalue weighted by molar-refractivity contribution is 7.90. The van der Waals surface area contributed by atoms with Gasteiger partial charge < -0.3 is 14.6 Å². The summed E-state index contributed by atoms with van der Waals surface area (Å²) in [5, 5.41) is 3.29. The molecule has 10 heteroatoms. The number of anilines is 1. The lowest BCUT2D eigenvalue weighted by Crippen LogP contribution is -2.30. The normalized spacial score (nSPS) is 11.2. The standard InChI is InChI=1S/C18H16FN3O5S/c1-27-18(24)21-28(25,26)14-7-5-13(6-8-14)20-16(23)11-22-10-9-12-3-2-4-15(19)17(12)22/h2-10H,11H2,1H3,(H,20,23)(H,21,24). The number of fused-ring (bicyclic) bond motifs is 1. The number of aromatic nitrogens is 1. The number of halogens is 1. The molecule has 28 heavy (non-hydrogen) atoms. The molecule has 3 rings (SSSR count). The van der Waals surface area contributed by atoms with Crippen LogP contribution in [0.4, 0.5) is 14.9 Å².